The molecule has 2 aromatic carbocycles. The summed E-state index contributed by atoms with van der Waals surface area (Å²) in [5.74, 6) is 0.973. The smallest absolute Gasteiger partial charge is 0.346 e. The van der Waals surface area contributed by atoms with Gasteiger partial charge >= 0.3 is 6.03 Å². The molecule has 0 aliphatic carbocycles. The lowest BCUT2D eigenvalue weighted by Crippen LogP contribution is -2.40. The standard InChI is InChI=1S/C20H21N3O4/c1-4-27-17-9-5-14(6-10-17)13-21-23-18(24)20(2,22-19(23)25)15-7-11-16(26-3)12-8-15/h5-13H,4H2,1-3H3,(H,22,25)/b21-13-/t20-/m1/s1. The predicted octanol–water partition coefficient (Wildman–Crippen LogP) is 2.90. The number of ether oxygens (including phenoxy) is 2. The van der Waals surface area contributed by atoms with Crippen LogP contribution in [0.1, 0.15) is 25.0 Å². The molecule has 0 saturated carbocycles. The van der Waals surface area contributed by atoms with Crippen molar-refractivity contribution in [3.05, 3.63) is 59.7 Å². The molecule has 7 nitrogen and oxygen atoms in total. The molecule has 140 valence electrons. The minimum atomic E-state index is -1.18. The van der Waals surface area contributed by atoms with Gasteiger partial charge in [-0.25, -0.2) is 4.79 Å². The van der Waals surface area contributed by atoms with E-state index in [9.17, 15) is 9.59 Å². The van der Waals surface area contributed by atoms with Crippen molar-refractivity contribution in [3.8, 4) is 11.5 Å². The lowest BCUT2D eigenvalue weighted by atomic mass is 9.92. The second kappa shape index (κ2) is 7.49. The number of nitrogens with one attached hydrogen (secondary N) is 1. The molecule has 1 aliphatic heterocycles. The molecule has 0 aromatic heterocycles. The summed E-state index contributed by atoms with van der Waals surface area (Å²) in [5, 5.41) is 7.62. The number of benzene rings is 2. The Hall–Kier alpha value is -3.35. The number of hydrazone groups is 1. The third-order valence-corrected chi connectivity index (χ3v) is 4.35. The summed E-state index contributed by atoms with van der Waals surface area (Å²) in [7, 11) is 1.57. The largest absolute Gasteiger partial charge is 0.497 e. The van der Waals surface area contributed by atoms with Gasteiger partial charge in [-0.1, -0.05) is 12.1 Å². The molecule has 1 saturated heterocycles. The summed E-state index contributed by atoms with van der Waals surface area (Å²) in [5.41, 5.74) is 0.219. The van der Waals surface area contributed by atoms with Crippen LogP contribution in [0.3, 0.4) is 0 Å². The van der Waals surface area contributed by atoms with Crippen molar-refractivity contribution < 1.29 is 19.1 Å². The predicted molar refractivity (Wildman–Crippen MR) is 101 cm³/mol. The van der Waals surface area contributed by atoms with Crippen molar-refractivity contribution in [2.24, 2.45) is 5.10 Å². The highest BCUT2D eigenvalue weighted by Crippen LogP contribution is 2.30. The summed E-state index contributed by atoms with van der Waals surface area (Å²) >= 11 is 0. The summed E-state index contributed by atoms with van der Waals surface area (Å²) in [4.78, 5) is 25.1. The van der Waals surface area contributed by atoms with Crippen molar-refractivity contribution >= 4 is 18.2 Å². The summed E-state index contributed by atoms with van der Waals surface area (Å²) in [6.07, 6.45) is 1.47. The van der Waals surface area contributed by atoms with Crippen LogP contribution in [0.4, 0.5) is 4.79 Å². The Bertz CT molecular complexity index is 862. The first-order valence-corrected chi connectivity index (χ1v) is 8.56. The van der Waals surface area contributed by atoms with Crippen LogP contribution < -0.4 is 14.8 Å². The Labute approximate surface area is 157 Å². The van der Waals surface area contributed by atoms with Gasteiger partial charge in [0.15, 0.2) is 0 Å². The highest BCUT2D eigenvalue weighted by Gasteiger charge is 2.49. The zero-order chi connectivity index (χ0) is 19.4. The molecule has 3 rings (SSSR count). The number of methoxy groups -OCH3 is 1. The molecule has 1 fully saturated rings. The fourth-order valence-electron chi connectivity index (χ4n) is 2.79. The molecule has 0 bridgehead atoms. The highest BCUT2D eigenvalue weighted by atomic mass is 16.5. The van der Waals surface area contributed by atoms with Gasteiger partial charge in [-0.2, -0.15) is 5.10 Å². The van der Waals surface area contributed by atoms with E-state index < -0.39 is 17.5 Å². The average molecular weight is 367 g/mol. The maximum atomic E-state index is 12.8. The lowest BCUT2D eigenvalue weighted by Gasteiger charge is -2.21. The van der Waals surface area contributed by atoms with E-state index in [4.69, 9.17) is 9.47 Å². The van der Waals surface area contributed by atoms with E-state index in [1.165, 1.54) is 6.21 Å². The van der Waals surface area contributed by atoms with Crippen LogP contribution >= 0.6 is 0 Å². The Morgan fingerprint density at radius 1 is 1.07 bits per heavy atom. The Morgan fingerprint density at radius 2 is 1.70 bits per heavy atom. The van der Waals surface area contributed by atoms with Crippen LogP contribution in [0.2, 0.25) is 0 Å². The number of imide groups is 1. The second-order valence-corrected chi connectivity index (χ2v) is 6.15. The third kappa shape index (κ3) is 3.62. The van der Waals surface area contributed by atoms with E-state index in [2.05, 4.69) is 10.4 Å². The van der Waals surface area contributed by atoms with Gasteiger partial charge in [0, 0.05) is 0 Å². The van der Waals surface area contributed by atoms with Crippen LogP contribution in [0, 0.1) is 0 Å². The molecule has 7 heteroatoms. The number of rotatable bonds is 6. The van der Waals surface area contributed by atoms with Crippen molar-refractivity contribution in [1.29, 1.82) is 0 Å². The number of carbonyl (C=O) groups excluding carboxylic acids is 2. The van der Waals surface area contributed by atoms with Crippen LogP contribution in [-0.4, -0.2) is 36.9 Å². The number of hydrogen-bond acceptors (Lipinski definition) is 5. The quantitative estimate of drug-likeness (QED) is 0.629. The van der Waals surface area contributed by atoms with E-state index in [1.807, 2.05) is 6.92 Å². The van der Waals surface area contributed by atoms with Crippen molar-refractivity contribution in [1.82, 2.24) is 10.3 Å². The minimum Gasteiger partial charge on any atom is -0.497 e. The number of carbonyl (C=O) groups is 2. The molecule has 1 heterocycles. The molecule has 0 unspecified atom stereocenters. The zero-order valence-electron chi connectivity index (χ0n) is 15.4. The second-order valence-electron chi connectivity index (χ2n) is 6.15. The molecule has 0 spiro atoms. The average Bonchev–Trinajstić information content (AvgIpc) is 2.91. The number of amides is 3. The summed E-state index contributed by atoms with van der Waals surface area (Å²) < 4.78 is 10.5. The van der Waals surface area contributed by atoms with E-state index in [0.717, 1.165) is 16.3 Å². The normalized spacial score (nSPS) is 19.4. The maximum Gasteiger partial charge on any atom is 0.346 e. The third-order valence-electron chi connectivity index (χ3n) is 4.35. The van der Waals surface area contributed by atoms with E-state index >= 15 is 0 Å². The first-order valence-electron chi connectivity index (χ1n) is 8.56. The van der Waals surface area contributed by atoms with Gasteiger partial charge in [0.1, 0.15) is 17.0 Å². The van der Waals surface area contributed by atoms with E-state index in [1.54, 1.807) is 62.6 Å². The molecule has 1 aliphatic rings. The van der Waals surface area contributed by atoms with Crippen LogP contribution in [0.25, 0.3) is 0 Å². The van der Waals surface area contributed by atoms with Gasteiger partial charge in [0.05, 0.1) is 19.9 Å². The minimum absolute atomic E-state index is 0.445. The molecule has 3 amide bonds. The fourth-order valence-corrected chi connectivity index (χ4v) is 2.79. The summed E-state index contributed by atoms with van der Waals surface area (Å²) in [6.45, 7) is 4.15. The molecular weight excluding hydrogens is 346 g/mol. The highest BCUT2D eigenvalue weighted by molar-refractivity contribution is 6.07. The maximum absolute atomic E-state index is 12.8. The van der Waals surface area contributed by atoms with Gasteiger partial charge in [-0.15, -0.1) is 5.01 Å². The summed E-state index contributed by atoms with van der Waals surface area (Å²) in [6, 6.07) is 13.6. The zero-order valence-corrected chi connectivity index (χ0v) is 15.4. The molecular formula is C20H21N3O4. The Balaban J connectivity index is 1.78. The van der Waals surface area contributed by atoms with Crippen molar-refractivity contribution in [2.75, 3.05) is 13.7 Å². The molecule has 2 aromatic rings. The molecule has 1 N–H and O–H groups in total. The van der Waals surface area contributed by atoms with Gasteiger partial charge in [-0.05, 0) is 61.4 Å². The Morgan fingerprint density at radius 3 is 2.30 bits per heavy atom. The first kappa shape index (κ1) is 18.4. The molecule has 27 heavy (non-hydrogen) atoms. The van der Waals surface area contributed by atoms with E-state index in [-0.39, 0.29) is 0 Å². The van der Waals surface area contributed by atoms with Crippen LogP contribution in [0.5, 0.6) is 11.5 Å². The van der Waals surface area contributed by atoms with Crippen molar-refractivity contribution in [2.45, 2.75) is 19.4 Å². The lowest BCUT2D eigenvalue weighted by molar-refractivity contribution is -0.131. The van der Waals surface area contributed by atoms with Gasteiger partial charge < -0.3 is 14.8 Å². The number of nitrogens with zero attached hydrogens (tertiary/aromatic N) is 2. The fraction of sp³-hybridized carbons (Fsp3) is 0.250. The van der Waals surface area contributed by atoms with Gasteiger partial charge in [0.2, 0.25) is 0 Å². The number of hydrogen-bond donors (Lipinski definition) is 1. The van der Waals surface area contributed by atoms with Crippen LogP contribution in [-0.2, 0) is 10.3 Å². The van der Waals surface area contributed by atoms with Gasteiger partial charge in [0.25, 0.3) is 5.91 Å². The molecule has 1 atom stereocenters. The molecule has 0 radical (unpaired) electrons. The SMILES string of the molecule is CCOc1ccc(/C=N\N2C(=O)N[C@](C)(c3ccc(OC)cc3)C2=O)cc1. The van der Waals surface area contributed by atoms with Gasteiger partial charge in [-0.3, -0.25) is 4.79 Å². The van der Waals surface area contributed by atoms with Crippen LogP contribution in [0.15, 0.2) is 53.6 Å². The Kier molecular flexibility index (Phi) is 5.12. The topological polar surface area (TPSA) is 80.2 Å². The first-order chi connectivity index (χ1) is 13.0. The number of urea groups is 1. The monoisotopic (exact) mass is 367 g/mol. The van der Waals surface area contributed by atoms with Crippen molar-refractivity contribution in [3.63, 3.8) is 0 Å². The van der Waals surface area contributed by atoms with E-state index in [0.29, 0.717) is 17.9 Å².